The van der Waals surface area contributed by atoms with Crippen LogP contribution in [0.4, 0.5) is 0 Å². The van der Waals surface area contributed by atoms with Crippen molar-refractivity contribution in [3.63, 3.8) is 0 Å². The number of aliphatic hydroxyl groups excluding tert-OH is 1. The van der Waals surface area contributed by atoms with Gasteiger partial charge in [-0.05, 0) is 0 Å². The van der Waals surface area contributed by atoms with E-state index in [9.17, 15) is 0 Å². The number of carbonyl (C=O) groups is 1. The molecule has 0 bridgehead atoms. The van der Waals surface area contributed by atoms with Gasteiger partial charge in [0.15, 0.2) is 0 Å². The van der Waals surface area contributed by atoms with Crippen molar-refractivity contribution in [2.24, 2.45) is 0 Å². The van der Waals surface area contributed by atoms with Gasteiger partial charge >= 0.3 is 5.97 Å². The fourth-order valence-electron chi connectivity index (χ4n) is 0. The Balaban J connectivity index is -0.0000000800. The predicted octanol–water partition coefficient (Wildman–Crippen LogP) is -1.70. The molecule has 0 fully saturated rings. The molecule has 2 radical (unpaired) electrons. The first-order chi connectivity index (χ1) is 2.27. The summed E-state index contributed by atoms with van der Waals surface area (Å²) in [6.45, 7) is -0.778. The maximum Gasteiger partial charge on any atom is 0.329 e. The minimum atomic E-state index is -1.19. The largest absolute Gasteiger partial charge is 0.480 e. The molecule has 3 nitrogen and oxygen atoms in total. The molecule has 0 saturated carbocycles. The number of aliphatic carboxylic acids is 1. The zero-order valence-corrected chi connectivity index (χ0v) is 8.51. The van der Waals surface area contributed by atoms with E-state index in [4.69, 9.17) is 15.0 Å². The van der Waals surface area contributed by atoms with Gasteiger partial charge in [0.1, 0.15) is 6.61 Å². The molecule has 0 aromatic heterocycles. The van der Waals surface area contributed by atoms with Gasteiger partial charge in [-0.15, -0.1) is 0 Å². The molecule has 0 amide bonds. The van der Waals surface area contributed by atoms with Crippen LogP contribution in [0.5, 0.6) is 0 Å². The molecule has 0 aliphatic heterocycles. The molecule has 0 atom stereocenters. The van der Waals surface area contributed by atoms with E-state index >= 15 is 0 Å². The van der Waals surface area contributed by atoms with Crippen molar-refractivity contribution in [2.75, 3.05) is 6.61 Å². The van der Waals surface area contributed by atoms with Gasteiger partial charge in [0.05, 0.1) is 0 Å². The van der Waals surface area contributed by atoms with E-state index in [1.807, 2.05) is 0 Å². The van der Waals surface area contributed by atoms with Crippen LogP contribution in [-0.4, -0.2) is 81.9 Å². The van der Waals surface area contributed by atoms with Gasteiger partial charge in [0.2, 0.25) is 0 Å². The predicted molar refractivity (Wildman–Crippen MR) is 26.2 cm³/mol. The molecule has 0 aromatic carbocycles. The minimum Gasteiger partial charge on any atom is -0.480 e. The average molecular weight is 122 g/mol. The molecule has 0 aromatic rings. The van der Waals surface area contributed by atoms with Gasteiger partial charge in [0.25, 0.3) is 0 Å². The summed E-state index contributed by atoms with van der Waals surface area (Å²) in [7, 11) is 0. The van der Waals surface area contributed by atoms with Gasteiger partial charge in [0, 0.05) is 59.1 Å². The first-order valence-corrected chi connectivity index (χ1v) is 1.10. The quantitative estimate of drug-likeness (QED) is 0.407. The van der Waals surface area contributed by atoms with E-state index in [2.05, 4.69) is 0 Å². The van der Waals surface area contributed by atoms with Gasteiger partial charge in [-0.3, -0.25) is 0 Å². The number of hydrogen-bond donors (Lipinski definition) is 2. The number of rotatable bonds is 1. The molecular formula is C2H4Na2O3. The molecule has 0 aliphatic carbocycles. The Labute approximate surface area is 85.7 Å². The molecule has 0 saturated heterocycles. The van der Waals surface area contributed by atoms with E-state index in [-0.39, 0.29) is 59.1 Å². The van der Waals surface area contributed by atoms with Gasteiger partial charge in [-0.1, -0.05) is 0 Å². The summed E-state index contributed by atoms with van der Waals surface area (Å²) in [5.41, 5.74) is 0. The zero-order chi connectivity index (χ0) is 4.28. The summed E-state index contributed by atoms with van der Waals surface area (Å²) < 4.78 is 0. The van der Waals surface area contributed by atoms with Crippen LogP contribution in [0.25, 0.3) is 0 Å². The average Bonchev–Trinajstić information content (AvgIpc) is 1.38. The summed E-state index contributed by atoms with van der Waals surface area (Å²) in [4.78, 5) is 9.12. The monoisotopic (exact) mass is 122 g/mol. The second-order valence-corrected chi connectivity index (χ2v) is 0.552. The topological polar surface area (TPSA) is 57.5 Å². The zero-order valence-electron chi connectivity index (χ0n) is 4.51. The summed E-state index contributed by atoms with van der Waals surface area (Å²) >= 11 is 0. The van der Waals surface area contributed by atoms with Crippen molar-refractivity contribution >= 4 is 65.1 Å². The SMILES string of the molecule is O=C(O)CO.[Na].[Na]. The molecule has 0 spiro atoms. The molecule has 0 aliphatic rings. The Hall–Kier alpha value is 1.43. The number of carboxylic acids is 1. The molecule has 0 heterocycles. The van der Waals surface area contributed by atoms with E-state index < -0.39 is 12.6 Å². The van der Waals surface area contributed by atoms with E-state index in [1.165, 1.54) is 0 Å². The third-order valence-corrected chi connectivity index (χ3v) is 0.135. The van der Waals surface area contributed by atoms with E-state index in [0.717, 1.165) is 0 Å². The van der Waals surface area contributed by atoms with Crippen molar-refractivity contribution in [1.29, 1.82) is 0 Å². The maximum absolute atomic E-state index is 9.12. The first kappa shape index (κ1) is 15.8. The van der Waals surface area contributed by atoms with Crippen molar-refractivity contribution in [2.45, 2.75) is 0 Å². The molecule has 2 N–H and O–H groups in total. The maximum atomic E-state index is 9.12. The Morgan fingerprint density at radius 1 is 1.43 bits per heavy atom. The Bertz CT molecular complexity index is 46.2. The fourth-order valence-corrected chi connectivity index (χ4v) is 0. The molecule has 0 rings (SSSR count). The van der Waals surface area contributed by atoms with Crippen LogP contribution >= 0.6 is 0 Å². The summed E-state index contributed by atoms with van der Waals surface area (Å²) in [5, 5.41) is 15.0. The Morgan fingerprint density at radius 2 is 1.57 bits per heavy atom. The third-order valence-electron chi connectivity index (χ3n) is 0.135. The summed E-state index contributed by atoms with van der Waals surface area (Å²) in [6, 6.07) is 0. The first-order valence-electron chi connectivity index (χ1n) is 1.10. The Kier molecular flexibility index (Phi) is 23.5. The van der Waals surface area contributed by atoms with Crippen molar-refractivity contribution in [3.8, 4) is 0 Å². The second-order valence-electron chi connectivity index (χ2n) is 0.552. The molecule has 5 heteroatoms. The summed E-state index contributed by atoms with van der Waals surface area (Å²) in [5.74, 6) is -1.19. The van der Waals surface area contributed by atoms with Gasteiger partial charge in [-0.25, -0.2) is 4.79 Å². The molecule has 7 heavy (non-hydrogen) atoms. The van der Waals surface area contributed by atoms with Crippen molar-refractivity contribution in [1.82, 2.24) is 0 Å². The number of hydrogen-bond acceptors (Lipinski definition) is 2. The van der Waals surface area contributed by atoms with E-state index in [0.29, 0.717) is 0 Å². The number of carboxylic acid groups (broad SMARTS) is 1. The van der Waals surface area contributed by atoms with Crippen LogP contribution in [0, 0.1) is 0 Å². The van der Waals surface area contributed by atoms with Crippen LogP contribution in [0.15, 0.2) is 0 Å². The van der Waals surface area contributed by atoms with Crippen LogP contribution in [0.2, 0.25) is 0 Å². The van der Waals surface area contributed by atoms with Crippen LogP contribution in [-0.2, 0) is 4.79 Å². The smallest absolute Gasteiger partial charge is 0.329 e. The van der Waals surface area contributed by atoms with Crippen LogP contribution < -0.4 is 0 Å². The summed E-state index contributed by atoms with van der Waals surface area (Å²) in [6.07, 6.45) is 0. The van der Waals surface area contributed by atoms with Crippen LogP contribution in [0.1, 0.15) is 0 Å². The van der Waals surface area contributed by atoms with Crippen molar-refractivity contribution < 1.29 is 15.0 Å². The fraction of sp³-hybridized carbons (Fsp3) is 0.500. The van der Waals surface area contributed by atoms with Gasteiger partial charge < -0.3 is 10.2 Å². The van der Waals surface area contributed by atoms with Gasteiger partial charge in [-0.2, -0.15) is 0 Å². The number of aliphatic hydroxyl groups is 1. The van der Waals surface area contributed by atoms with E-state index in [1.54, 1.807) is 0 Å². The molecule has 0 unspecified atom stereocenters. The Morgan fingerprint density at radius 3 is 1.57 bits per heavy atom. The van der Waals surface area contributed by atoms with Crippen molar-refractivity contribution in [3.05, 3.63) is 0 Å². The molecular weight excluding hydrogens is 118 g/mol. The normalized spacial score (nSPS) is 5.29. The standard InChI is InChI=1S/C2H4O3.2Na/c3-1-2(4)5;;/h3H,1H2,(H,4,5);;. The van der Waals surface area contributed by atoms with Crippen LogP contribution in [0.3, 0.4) is 0 Å². The second kappa shape index (κ2) is 10.4. The third kappa shape index (κ3) is 18.6. The molecule has 32 valence electrons. The minimum absolute atomic E-state index is 0.